The van der Waals surface area contributed by atoms with Crippen LogP contribution in [0.1, 0.15) is 51.6 Å². The molecule has 154 valence electrons. The van der Waals surface area contributed by atoms with E-state index in [0.29, 0.717) is 18.0 Å². The van der Waals surface area contributed by atoms with Crippen LogP contribution in [0, 0.1) is 11.7 Å². The van der Waals surface area contributed by atoms with Crippen LogP contribution >= 0.6 is 0 Å². The Kier molecular flexibility index (Phi) is 6.23. The third kappa shape index (κ3) is 5.67. The Labute approximate surface area is 165 Å². The summed E-state index contributed by atoms with van der Waals surface area (Å²) in [5, 5.41) is 2.58. The zero-order chi connectivity index (χ0) is 20.3. The Morgan fingerprint density at radius 2 is 1.93 bits per heavy atom. The highest BCUT2D eigenvalue weighted by molar-refractivity contribution is 5.83. The molecule has 3 unspecified atom stereocenters. The zero-order valence-electron chi connectivity index (χ0n) is 16.7. The average Bonchev–Trinajstić information content (AvgIpc) is 2.58. The first kappa shape index (κ1) is 20.6. The molecule has 2 heterocycles. The monoisotopic (exact) mass is 392 g/mol. The predicted octanol–water partition coefficient (Wildman–Crippen LogP) is 3.42. The molecular formula is C21H29FN2O4. The number of benzene rings is 1. The van der Waals surface area contributed by atoms with E-state index in [1.54, 1.807) is 20.8 Å². The van der Waals surface area contributed by atoms with Crippen LogP contribution in [0.25, 0.3) is 0 Å². The Balaban J connectivity index is 1.71. The molecule has 2 bridgehead atoms. The van der Waals surface area contributed by atoms with E-state index in [1.165, 1.54) is 30.7 Å². The maximum Gasteiger partial charge on any atom is 0.408 e. The second-order valence-corrected chi connectivity index (χ2v) is 8.69. The van der Waals surface area contributed by atoms with Gasteiger partial charge in [0, 0.05) is 13.1 Å². The molecule has 0 aliphatic carbocycles. The topological polar surface area (TPSA) is 67.9 Å². The molecule has 2 fully saturated rings. The van der Waals surface area contributed by atoms with Crippen LogP contribution in [0.2, 0.25) is 0 Å². The quantitative estimate of drug-likeness (QED) is 0.796. The number of fused-ring (bicyclic) bond motifs is 2. The molecule has 6 nitrogen and oxygen atoms in total. The predicted molar refractivity (Wildman–Crippen MR) is 102 cm³/mol. The van der Waals surface area contributed by atoms with Crippen LogP contribution in [0.5, 0.6) is 0 Å². The van der Waals surface area contributed by atoms with Crippen molar-refractivity contribution in [1.29, 1.82) is 0 Å². The summed E-state index contributed by atoms with van der Waals surface area (Å²) in [7, 11) is 0. The Hall–Kier alpha value is -2.15. The van der Waals surface area contributed by atoms with Gasteiger partial charge in [-0.1, -0.05) is 12.1 Å². The van der Waals surface area contributed by atoms with E-state index in [2.05, 4.69) is 10.2 Å². The van der Waals surface area contributed by atoms with E-state index in [4.69, 9.17) is 9.47 Å². The van der Waals surface area contributed by atoms with Crippen molar-refractivity contribution in [3.8, 4) is 0 Å². The normalized spacial score (nSPS) is 25.5. The number of hydrogen-bond acceptors (Lipinski definition) is 5. The fraction of sp³-hybridized carbons (Fsp3) is 0.619. The molecule has 28 heavy (non-hydrogen) atoms. The SMILES string of the molecule is CC(C)(C)OC(=O)NC(C(=O)O[C@@H]1CC2CCCN(C2)C1)c1ccc(F)cc1. The number of amides is 1. The smallest absolute Gasteiger partial charge is 0.408 e. The molecule has 1 aromatic rings. The van der Waals surface area contributed by atoms with Gasteiger partial charge < -0.3 is 14.8 Å². The van der Waals surface area contributed by atoms with E-state index >= 15 is 0 Å². The van der Waals surface area contributed by atoms with Gasteiger partial charge in [0.1, 0.15) is 17.5 Å². The zero-order valence-corrected chi connectivity index (χ0v) is 16.7. The molecule has 2 saturated heterocycles. The van der Waals surface area contributed by atoms with Gasteiger partial charge >= 0.3 is 12.1 Å². The second kappa shape index (κ2) is 8.47. The van der Waals surface area contributed by atoms with Crippen LogP contribution < -0.4 is 5.32 Å². The molecule has 2 aliphatic heterocycles. The second-order valence-electron chi connectivity index (χ2n) is 8.69. The molecule has 0 spiro atoms. The highest BCUT2D eigenvalue weighted by Crippen LogP contribution is 2.29. The van der Waals surface area contributed by atoms with Gasteiger partial charge in [0.2, 0.25) is 0 Å². The number of esters is 1. The van der Waals surface area contributed by atoms with E-state index in [9.17, 15) is 14.0 Å². The largest absolute Gasteiger partial charge is 0.459 e. The van der Waals surface area contributed by atoms with Gasteiger partial charge in [-0.2, -0.15) is 0 Å². The van der Waals surface area contributed by atoms with E-state index in [1.807, 2.05) is 0 Å². The number of carbonyl (C=O) groups is 2. The summed E-state index contributed by atoms with van der Waals surface area (Å²) >= 11 is 0. The number of hydrogen-bond donors (Lipinski definition) is 1. The van der Waals surface area contributed by atoms with Crippen molar-refractivity contribution >= 4 is 12.1 Å². The lowest BCUT2D eigenvalue weighted by molar-refractivity contribution is -0.156. The van der Waals surface area contributed by atoms with Gasteiger partial charge in [-0.15, -0.1) is 0 Å². The summed E-state index contributed by atoms with van der Waals surface area (Å²) in [5.41, 5.74) is -0.247. The standard InChI is InChI=1S/C21H29FN2O4/c1-21(2,3)28-20(26)23-18(15-6-8-16(22)9-7-15)19(25)27-17-11-14-5-4-10-24(12-14)13-17/h6-9,14,17-18H,4-5,10-13H2,1-3H3,(H,23,26)/t14?,17-,18?/m1/s1. The van der Waals surface area contributed by atoms with Gasteiger partial charge in [0.15, 0.2) is 6.04 Å². The number of nitrogens with one attached hydrogen (secondary N) is 1. The summed E-state index contributed by atoms with van der Waals surface area (Å²) in [6.45, 7) is 8.03. The lowest BCUT2D eigenvalue weighted by Crippen LogP contribution is -2.49. The fourth-order valence-corrected chi connectivity index (χ4v) is 3.92. The lowest BCUT2D eigenvalue weighted by Gasteiger charge is -2.41. The molecular weight excluding hydrogens is 363 g/mol. The molecule has 0 saturated carbocycles. The van der Waals surface area contributed by atoms with Gasteiger partial charge in [-0.25, -0.2) is 14.0 Å². The maximum absolute atomic E-state index is 13.3. The third-order valence-electron chi connectivity index (χ3n) is 5.04. The van der Waals surface area contributed by atoms with Crippen LogP contribution in [-0.2, 0) is 14.3 Å². The highest BCUT2D eigenvalue weighted by Gasteiger charge is 2.34. The first-order chi connectivity index (χ1) is 13.2. The number of rotatable bonds is 4. The number of carbonyl (C=O) groups excluding carboxylic acids is 2. The number of alkyl carbamates (subject to hydrolysis) is 1. The van der Waals surface area contributed by atoms with Crippen molar-refractivity contribution in [1.82, 2.24) is 10.2 Å². The van der Waals surface area contributed by atoms with Crippen molar-refractivity contribution in [2.24, 2.45) is 5.92 Å². The van der Waals surface area contributed by atoms with Gasteiger partial charge in [-0.3, -0.25) is 4.90 Å². The molecule has 2 aliphatic rings. The van der Waals surface area contributed by atoms with Crippen molar-refractivity contribution < 1.29 is 23.5 Å². The molecule has 7 heteroatoms. The number of halogens is 1. The van der Waals surface area contributed by atoms with Crippen molar-refractivity contribution in [2.45, 2.75) is 57.8 Å². The van der Waals surface area contributed by atoms with Gasteiger partial charge in [0.25, 0.3) is 0 Å². The van der Waals surface area contributed by atoms with E-state index in [0.717, 1.165) is 25.9 Å². The van der Waals surface area contributed by atoms with Crippen molar-refractivity contribution in [3.63, 3.8) is 0 Å². The summed E-state index contributed by atoms with van der Waals surface area (Å²) in [6.07, 6.45) is 2.26. The average molecular weight is 392 g/mol. The fourth-order valence-electron chi connectivity index (χ4n) is 3.92. The maximum atomic E-state index is 13.3. The van der Waals surface area contributed by atoms with Gasteiger partial charge in [0.05, 0.1) is 0 Å². The van der Waals surface area contributed by atoms with Crippen molar-refractivity contribution in [2.75, 3.05) is 19.6 Å². The summed E-state index contributed by atoms with van der Waals surface area (Å²) in [5.74, 6) is -0.423. The summed E-state index contributed by atoms with van der Waals surface area (Å²) in [4.78, 5) is 27.5. The van der Waals surface area contributed by atoms with Crippen LogP contribution in [-0.4, -0.2) is 48.3 Å². The molecule has 1 N–H and O–H groups in total. The Morgan fingerprint density at radius 1 is 1.21 bits per heavy atom. The number of ether oxygens (including phenoxy) is 2. The Morgan fingerprint density at radius 3 is 2.57 bits per heavy atom. The first-order valence-corrected chi connectivity index (χ1v) is 9.87. The number of nitrogens with zero attached hydrogens (tertiary/aromatic N) is 1. The summed E-state index contributed by atoms with van der Waals surface area (Å²) < 4.78 is 24.3. The van der Waals surface area contributed by atoms with Crippen LogP contribution in [0.3, 0.4) is 0 Å². The van der Waals surface area contributed by atoms with E-state index < -0.39 is 29.5 Å². The third-order valence-corrected chi connectivity index (χ3v) is 5.04. The van der Waals surface area contributed by atoms with Crippen LogP contribution in [0.4, 0.5) is 9.18 Å². The first-order valence-electron chi connectivity index (χ1n) is 9.87. The summed E-state index contributed by atoms with van der Waals surface area (Å²) in [6, 6.07) is 4.40. The molecule has 1 aromatic carbocycles. The molecule has 4 atom stereocenters. The molecule has 0 aromatic heterocycles. The van der Waals surface area contributed by atoms with Crippen LogP contribution in [0.15, 0.2) is 24.3 Å². The minimum Gasteiger partial charge on any atom is -0.459 e. The minimum absolute atomic E-state index is 0.199. The molecule has 0 radical (unpaired) electrons. The van der Waals surface area contributed by atoms with E-state index in [-0.39, 0.29) is 6.10 Å². The van der Waals surface area contributed by atoms with Crippen molar-refractivity contribution in [3.05, 3.63) is 35.6 Å². The minimum atomic E-state index is -1.05. The number of piperidine rings is 2. The Bertz CT molecular complexity index is 689. The lowest BCUT2D eigenvalue weighted by atomic mass is 9.88. The molecule has 1 amide bonds. The van der Waals surface area contributed by atoms with Gasteiger partial charge in [-0.05, 0) is 70.2 Å². The highest BCUT2D eigenvalue weighted by atomic mass is 19.1. The molecule has 3 rings (SSSR count).